The van der Waals surface area contributed by atoms with Crippen molar-refractivity contribution in [3.8, 4) is 0 Å². The third kappa shape index (κ3) is 5.93. The zero-order valence-corrected chi connectivity index (χ0v) is 18.0. The van der Waals surface area contributed by atoms with E-state index in [1.54, 1.807) is 7.05 Å². The summed E-state index contributed by atoms with van der Waals surface area (Å²) in [6.45, 7) is 10.5. The zero-order chi connectivity index (χ0) is 20.6. The minimum absolute atomic E-state index is 0.223. The van der Waals surface area contributed by atoms with Gasteiger partial charge in [-0.15, -0.1) is 0 Å². The van der Waals surface area contributed by atoms with Gasteiger partial charge in [0, 0.05) is 57.9 Å². The number of amides is 1. The minimum atomic E-state index is 0.223. The van der Waals surface area contributed by atoms with E-state index in [2.05, 4.69) is 46.5 Å². The van der Waals surface area contributed by atoms with Gasteiger partial charge in [0.1, 0.15) is 0 Å². The van der Waals surface area contributed by atoms with Gasteiger partial charge in [0.25, 0.3) is 0 Å². The van der Waals surface area contributed by atoms with Crippen molar-refractivity contribution in [1.29, 1.82) is 0 Å². The van der Waals surface area contributed by atoms with Crippen LogP contribution in [-0.4, -0.2) is 69.2 Å². The molecule has 0 saturated carbocycles. The highest BCUT2D eigenvalue weighted by Crippen LogP contribution is 2.21. The van der Waals surface area contributed by atoms with Gasteiger partial charge in [-0.05, 0) is 30.0 Å². The van der Waals surface area contributed by atoms with E-state index in [9.17, 15) is 4.79 Å². The smallest absolute Gasteiger partial charge is 0.227 e. The SMILES string of the molecule is CN=C(NCc1ccc(N2CCCC2=O)cc1)NCC(C(C)C)N1CCOCC1. The Labute approximate surface area is 174 Å². The molecule has 0 aromatic heterocycles. The average molecular weight is 402 g/mol. The Morgan fingerprint density at radius 3 is 2.45 bits per heavy atom. The van der Waals surface area contributed by atoms with Gasteiger partial charge < -0.3 is 20.3 Å². The molecule has 1 aromatic carbocycles. The van der Waals surface area contributed by atoms with Crippen LogP contribution in [0, 0.1) is 5.92 Å². The number of morpholine rings is 1. The molecule has 7 nitrogen and oxygen atoms in total. The van der Waals surface area contributed by atoms with Crippen LogP contribution in [0.15, 0.2) is 29.3 Å². The van der Waals surface area contributed by atoms with Gasteiger partial charge in [-0.2, -0.15) is 0 Å². The summed E-state index contributed by atoms with van der Waals surface area (Å²) in [7, 11) is 1.80. The number of ether oxygens (including phenoxy) is 1. The van der Waals surface area contributed by atoms with Gasteiger partial charge >= 0.3 is 0 Å². The van der Waals surface area contributed by atoms with Gasteiger partial charge in [-0.3, -0.25) is 14.7 Å². The molecule has 1 amide bonds. The molecule has 2 fully saturated rings. The summed E-state index contributed by atoms with van der Waals surface area (Å²) in [6.07, 6.45) is 1.61. The van der Waals surface area contributed by atoms with Crippen LogP contribution in [0.4, 0.5) is 5.69 Å². The first kappa shape index (κ1) is 21.6. The number of rotatable bonds is 7. The lowest BCUT2D eigenvalue weighted by atomic mass is 10.0. The zero-order valence-electron chi connectivity index (χ0n) is 18.0. The lowest BCUT2D eigenvalue weighted by Crippen LogP contribution is -2.52. The molecule has 2 saturated heterocycles. The maximum atomic E-state index is 11.9. The summed E-state index contributed by atoms with van der Waals surface area (Å²) in [5.41, 5.74) is 2.15. The summed E-state index contributed by atoms with van der Waals surface area (Å²) in [6, 6.07) is 8.67. The highest BCUT2D eigenvalue weighted by atomic mass is 16.5. The van der Waals surface area contributed by atoms with Gasteiger partial charge in [0.15, 0.2) is 5.96 Å². The van der Waals surface area contributed by atoms with E-state index in [1.807, 2.05) is 17.0 Å². The largest absolute Gasteiger partial charge is 0.379 e. The number of anilines is 1. The molecule has 2 N–H and O–H groups in total. The van der Waals surface area contributed by atoms with E-state index in [-0.39, 0.29) is 5.91 Å². The van der Waals surface area contributed by atoms with Crippen LogP contribution in [0.3, 0.4) is 0 Å². The number of aliphatic imine (C=N–C) groups is 1. The molecule has 7 heteroatoms. The van der Waals surface area contributed by atoms with Crippen molar-refractivity contribution in [3.05, 3.63) is 29.8 Å². The fraction of sp³-hybridized carbons (Fsp3) is 0.636. The number of carbonyl (C=O) groups excluding carboxylic acids is 1. The van der Waals surface area contributed by atoms with Crippen molar-refractivity contribution in [3.63, 3.8) is 0 Å². The van der Waals surface area contributed by atoms with Crippen LogP contribution in [-0.2, 0) is 16.1 Å². The molecule has 0 aliphatic carbocycles. The third-order valence-corrected chi connectivity index (χ3v) is 5.77. The predicted molar refractivity (Wildman–Crippen MR) is 117 cm³/mol. The van der Waals surface area contributed by atoms with Crippen LogP contribution in [0.1, 0.15) is 32.3 Å². The number of nitrogens with zero attached hydrogens (tertiary/aromatic N) is 3. The van der Waals surface area contributed by atoms with Gasteiger partial charge in [0.05, 0.1) is 13.2 Å². The van der Waals surface area contributed by atoms with E-state index in [4.69, 9.17) is 4.74 Å². The Morgan fingerprint density at radius 1 is 1.14 bits per heavy atom. The first-order valence-corrected chi connectivity index (χ1v) is 10.7. The number of hydrogen-bond donors (Lipinski definition) is 2. The molecule has 1 atom stereocenters. The summed E-state index contributed by atoms with van der Waals surface area (Å²) >= 11 is 0. The van der Waals surface area contributed by atoms with E-state index in [0.717, 1.165) is 63.0 Å². The summed E-state index contributed by atoms with van der Waals surface area (Å²) in [5, 5.41) is 6.88. The number of nitrogens with one attached hydrogen (secondary N) is 2. The molecule has 0 spiro atoms. The number of benzene rings is 1. The Morgan fingerprint density at radius 2 is 1.86 bits per heavy atom. The highest BCUT2D eigenvalue weighted by Gasteiger charge is 2.24. The Bertz CT molecular complexity index is 683. The van der Waals surface area contributed by atoms with Crippen LogP contribution in [0.2, 0.25) is 0 Å². The molecule has 2 heterocycles. The lowest BCUT2D eigenvalue weighted by molar-refractivity contribution is -0.117. The second-order valence-electron chi connectivity index (χ2n) is 8.08. The lowest BCUT2D eigenvalue weighted by Gasteiger charge is -2.37. The fourth-order valence-corrected chi connectivity index (χ4v) is 4.02. The van der Waals surface area contributed by atoms with E-state index in [0.29, 0.717) is 24.9 Å². The first-order valence-electron chi connectivity index (χ1n) is 10.7. The monoisotopic (exact) mass is 401 g/mol. The molecule has 1 unspecified atom stereocenters. The second kappa shape index (κ2) is 10.6. The Hall–Kier alpha value is -2.12. The quantitative estimate of drug-likeness (QED) is 0.539. The summed E-state index contributed by atoms with van der Waals surface area (Å²) in [5.74, 6) is 1.59. The summed E-state index contributed by atoms with van der Waals surface area (Å²) in [4.78, 5) is 20.6. The van der Waals surface area contributed by atoms with Gasteiger partial charge in [-0.1, -0.05) is 26.0 Å². The molecule has 0 bridgehead atoms. The maximum Gasteiger partial charge on any atom is 0.227 e. The molecule has 3 rings (SSSR count). The molecule has 160 valence electrons. The van der Waals surface area contributed by atoms with Crippen molar-refractivity contribution in [2.45, 2.75) is 39.3 Å². The van der Waals surface area contributed by atoms with Crippen molar-refractivity contribution in [2.24, 2.45) is 10.9 Å². The van der Waals surface area contributed by atoms with Crippen molar-refractivity contribution in [2.75, 3.05) is 51.3 Å². The van der Waals surface area contributed by atoms with Crippen LogP contribution in [0.25, 0.3) is 0 Å². The highest BCUT2D eigenvalue weighted by molar-refractivity contribution is 5.95. The molecule has 2 aliphatic heterocycles. The molecule has 29 heavy (non-hydrogen) atoms. The Balaban J connectivity index is 1.48. The fourth-order valence-electron chi connectivity index (χ4n) is 4.02. The molecule has 1 aromatic rings. The second-order valence-corrected chi connectivity index (χ2v) is 8.08. The molecular weight excluding hydrogens is 366 g/mol. The van der Waals surface area contributed by atoms with Crippen molar-refractivity contribution < 1.29 is 9.53 Å². The molecule has 0 radical (unpaired) electrons. The topological polar surface area (TPSA) is 69.2 Å². The number of hydrogen-bond acceptors (Lipinski definition) is 4. The van der Waals surface area contributed by atoms with Crippen LogP contribution < -0.4 is 15.5 Å². The first-order chi connectivity index (χ1) is 14.1. The predicted octanol–water partition coefficient (Wildman–Crippen LogP) is 1.84. The van der Waals surface area contributed by atoms with Crippen molar-refractivity contribution >= 4 is 17.6 Å². The Kier molecular flexibility index (Phi) is 7.89. The van der Waals surface area contributed by atoms with Gasteiger partial charge in [-0.25, -0.2) is 0 Å². The number of guanidine groups is 1. The van der Waals surface area contributed by atoms with Gasteiger partial charge in [0.2, 0.25) is 5.91 Å². The van der Waals surface area contributed by atoms with Crippen LogP contribution in [0.5, 0.6) is 0 Å². The third-order valence-electron chi connectivity index (χ3n) is 5.77. The number of carbonyl (C=O) groups is 1. The van der Waals surface area contributed by atoms with Crippen LogP contribution >= 0.6 is 0 Å². The minimum Gasteiger partial charge on any atom is -0.379 e. The average Bonchev–Trinajstić information content (AvgIpc) is 3.17. The van der Waals surface area contributed by atoms with Crippen molar-refractivity contribution in [1.82, 2.24) is 15.5 Å². The van der Waals surface area contributed by atoms with E-state index >= 15 is 0 Å². The molecular formula is C22H35N5O2. The van der Waals surface area contributed by atoms with E-state index < -0.39 is 0 Å². The van der Waals surface area contributed by atoms with E-state index in [1.165, 1.54) is 0 Å². The standard InChI is InChI=1S/C22H35N5O2/c1-17(2)20(26-11-13-29-14-12-26)16-25-22(23-3)24-15-18-6-8-19(9-7-18)27-10-4-5-21(27)28/h6-9,17,20H,4-5,10-16H2,1-3H3,(H2,23,24,25). The normalized spacial score (nSPS) is 19.7. The summed E-state index contributed by atoms with van der Waals surface area (Å²) < 4.78 is 5.49. The molecule has 2 aliphatic rings. The maximum absolute atomic E-state index is 11.9.